The number of piperazine rings is 1. The molecule has 2 aliphatic rings. The summed E-state index contributed by atoms with van der Waals surface area (Å²) < 4.78 is 5.03. The minimum atomic E-state index is -0.334. The van der Waals surface area contributed by atoms with Crippen molar-refractivity contribution in [3.63, 3.8) is 0 Å². The first kappa shape index (κ1) is 19.4. The zero-order chi connectivity index (χ0) is 20.2. The molecule has 7 nitrogen and oxygen atoms in total. The van der Waals surface area contributed by atoms with E-state index in [1.54, 1.807) is 0 Å². The minimum absolute atomic E-state index is 0.102. The first-order chi connectivity index (χ1) is 14.2. The Bertz CT molecular complexity index is 865. The molecule has 29 heavy (non-hydrogen) atoms. The molecule has 2 atom stereocenters. The van der Waals surface area contributed by atoms with E-state index < -0.39 is 0 Å². The van der Waals surface area contributed by atoms with Gasteiger partial charge in [0.25, 0.3) is 11.7 Å². The number of nitrogens with zero attached hydrogens (tertiary/aromatic N) is 2. The van der Waals surface area contributed by atoms with Crippen LogP contribution in [-0.2, 0) is 27.3 Å². The van der Waals surface area contributed by atoms with Gasteiger partial charge in [-0.3, -0.25) is 9.69 Å². The third-order valence-electron chi connectivity index (χ3n) is 5.98. The van der Waals surface area contributed by atoms with Crippen molar-refractivity contribution in [1.82, 2.24) is 4.90 Å². The number of nitrogens with one attached hydrogen (secondary N) is 2. The summed E-state index contributed by atoms with van der Waals surface area (Å²) in [7, 11) is 1.42. The summed E-state index contributed by atoms with van der Waals surface area (Å²) in [6.45, 7) is 3.95. The number of carbonyl (C=O) groups is 2. The molecule has 2 aliphatic heterocycles. The van der Waals surface area contributed by atoms with Crippen molar-refractivity contribution in [1.29, 1.82) is 0 Å². The molecule has 7 heteroatoms. The number of anilines is 1. The lowest BCUT2D eigenvalue weighted by Gasteiger charge is -2.35. The second kappa shape index (κ2) is 8.61. The van der Waals surface area contributed by atoms with E-state index in [9.17, 15) is 9.59 Å². The number of aromatic nitrogens is 1. The molecular formula is C22H28N4O3+2. The molecule has 1 unspecified atom stereocenters. The number of pyridine rings is 1. The summed E-state index contributed by atoms with van der Waals surface area (Å²) in [5, 5.41) is 0. The Kier molecular flexibility index (Phi) is 5.76. The number of hydrogen-bond acceptors (Lipinski definition) is 4. The fourth-order valence-corrected chi connectivity index (χ4v) is 4.32. The molecule has 0 radical (unpaired) electrons. The molecule has 0 spiro atoms. The van der Waals surface area contributed by atoms with Crippen LogP contribution in [0.5, 0.6) is 0 Å². The van der Waals surface area contributed by atoms with Crippen molar-refractivity contribution < 1.29 is 24.2 Å². The number of esters is 1. The molecule has 2 aromatic rings. The zero-order valence-corrected chi connectivity index (χ0v) is 16.8. The highest BCUT2D eigenvalue weighted by molar-refractivity contribution is 5.79. The van der Waals surface area contributed by atoms with E-state index in [1.165, 1.54) is 18.2 Å². The van der Waals surface area contributed by atoms with Gasteiger partial charge in [-0.25, -0.2) is 9.78 Å². The lowest BCUT2D eigenvalue weighted by molar-refractivity contribution is -0.925. The number of hydrogen-bond donors (Lipinski definition) is 1. The molecule has 4 rings (SSSR count). The first-order valence-electron chi connectivity index (χ1n) is 10.1. The van der Waals surface area contributed by atoms with Crippen molar-refractivity contribution in [2.24, 2.45) is 0 Å². The van der Waals surface area contributed by atoms with Gasteiger partial charge in [0.05, 0.1) is 26.4 Å². The summed E-state index contributed by atoms with van der Waals surface area (Å²) in [5.74, 6) is 0.931. The van der Waals surface area contributed by atoms with Crippen molar-refractivity contribution in [3.05, 3.63) is 59.8 Å². The fraction of sp³-hybridized carbons (Fsp3) is 0.409. The average molecular weight is 396 g/mol. The predicted octanol–water partition coefficient (Wildman–Crippen LogP) is -0.668. The van der Waals surface area contributed by atoms with Crippen molar-refractivity contribution >= 4 is 17.7 Å². The van der Waals surface area contributed by atoms with Crippen LogP contribution in [0.1, 0.15) is 11.1 Å². The Morgan fingerprint density at radius 3 is 2.48 bits per heavy atom. The number of rotatable bonds is 4. The quantitative estimate of drug-likeness (QED) is 0.697. The topological polar surface area (TPSA) is 68.4 Å². The van der Waals surface area contributed by atoms with Gasteiger partial charge in [-0.15, -0.1) is 0 Å². The summed E-state index contributed by atoms with van der Waals surface area (Å²) in [4.78, 5) is 33.8. The van der Waals surface area contributed by atoms with E-state index in [-0.39, 0.29) is 17.9 Å². The van der Waals surface area contributed by atoms with Crippen molar-refractivity contribution in [2.75, 3.05) is 44.7 Å². The Morgan fingerprint density at radius 2 is 1.79 bits per heavy atom. The number of H-pyrrole nitrogens is 1. The van der Waals surface area contributed by atoms with Crippen LogP contribution < -0.4 is 14.8 Å². The van der Waals surface area contributed by atoms with Crippen LogP contribution in [0.2, 0.25) is 0 Å². The first-order valence-corrected chi connectivity index (χ1v) is 10.1. The van der Waals surface area contributed by atoms with E-state index in [1.807, 2.05) is 41.4 Å². The summed E-state index contributed by atoms with van der Waals surface area (Å²) in [6, 6.07) is 13.8. The smallest absolute Gasteiger partial charge is 0.365 e. The van der Waals surface area contributed by atoms with Gasteiger partial charge in [0.15, 0.2) is 12.6 Å². The van der Waals surface area contributed by atoms with Crippen LogP contribution in [0.25, 0.3) is 0 Å². The molecule has 1 aromatic heterocycles. The maximum Gasteiger partial charge on any atom is 0.365 e. The minimum Gasteiger partial charge on any atom is -0.465 e. The van der Waals surface area contributed by atoms with Gasteiger partial charge in [0.1, 0.15) is 19.6 Å². The second-order valence-corrected chi connectivity index (χ2v) is 7.68. The second-order valence-electron chi connectivity index (χ2n) is 7.68. The molecule has 0 saturated carbocycles. The molecule has 1 aromatic carbocycles. The van der Waals surface area contributed by atoms with Gasteiger partial charge in [-0.05, 0) is 11.6 Å². The van der Waals surface area contributed by atoms with Gasteiger partial charge in [-0.2, -0.15) is 0 Å². The number of aromatic amines is 1. The van der Waals surface area contributed by atoms with E-state index in [4.69, 9.17) is 4.74 Å². The van der Waals surface area contributed by atoms with Gasteiger partial charge >= 0.3 is 5.97 Å². The molecule has 152 valence electrons. The Hall–Kier alpha value is -2.93. The number of methoxy groups -OCH3 is 1. The highest BCUT2D eigenvalue weighted by Crippen LogP contribution is 2.15. The third-order valence-corrected chi connectivity index (χ3v) is 5.98. The van der Waals surface area contributed by atoms with E-state index >= 15 is 0 Å². The lowest BCUT2D eigenvalue weighted by atomic mass is 9.94. The van der Waals surface area contributed by atoms with Crippen LogP contribution in [0, 0.1) is 0 Å². The van der Waals surface area contributed by atoms with Crippen LogP contribution in [-0.4, -0.2) is 62.7 Å². The summed E-state index contributed by atoms with van der Waals surface area (Å²) >= 11 is 0. The number of quaternary nitrogens is 1. The van der Waals surface area contributed by atoms with Crippen LogP contribution >= 0.6 is 0 Å². The van der Waals surface area contributed by atoms with Crippen LogP contribution in [0.15, 0.2) is 48.7 Å². The maximum atomic E-state index is 13.0. The lowest BCUT2D eigenvalue weighted by Crippen LogP contribution is -3.17. The third kappa shape index (κ3) is 4.24. The highest BCUT2D eigenvalue weighted by atomic mass is 16.5. The van der Waals surface area contributed by atoms with Gasteiger partial charge in [0, 0.05) is 18.1 Å². The Labute approximate surface area is 170 Å². The number of ether oxygens (including phenoxy) is 1. The molecule has 1 amide bonds. The molecule has 2 N–H and O–H groups in total. The SMILES string of the molecule is COC(=O)[C@@H]1Cc2ccccc2C[NH+]1CC(=O)N1CCN(c2cccc[nH+]2)CC1. The van der Waals surface area contributed by atoms with Gasteiger partial charge in [0.2, 0.25) is 0 Å². The van der Waals surface area contributed by atoms with Crippen molar-refractivity contribution in [2.45, 2.75) is 19.0 Å². The monoisotopic (exact) mass is 396 g/mol. The fourth-order valence-electron chi connectivity index (χ4n) is 4.32. The molecule has 3 heterocycles. The Morgan fingerprint density at radius 1 is 1.07 bits per heavy atom. The predicted molar refractivity (Wildman–Crippen MR) is 107 cm³/mol. The van der Waals surface area contributed by atoms with Gasteiger partial charge in [-0.1, -0.05) is 30.3 Å². The van der Waals surface area contributed by atoms with Crippen LogP contribution in [0.4, 0.5) is 5.82 Å². The Balaban J connectivity index is 1.40. The molecular weight excluding hydrogens is 368 g/mol. The number of benzene rings is 1. The molecule has 1 saturated heterocycles. The van der Waals surface area contributed by atoms with Gasteiger partial charge < -0.3 is 14.5 Å². The largest absolute Gasteiger partial charge is 0.465 e. The zero-order valence-electron chi connectivity index (χ0n) is 16.8. The number of amides is 1. The average Bonchev–Trinajstić information content (AvgIpc) is 2.78. The standard InChI is InChI=1S/C22H26N4O3/c1-29-22(28)19-14-17-6-2-3-7-18(17)15-26(19)16-21(27)25-12-10-24(11-13-25)20-8-4-5-9-23-20/h2-9,19H,10-16H2,1H3/p+2/t19-/m0/s1. The highest BCUT2D eigenvalue weighted by Gasteiger charge is 2.38. The summed E-state index contributed by atoms with van der Waals surface area (Å²) in [5.41, 5.74) is 2.38. The normalized spacial score (nSPS) is 21.4. The number of fused-ring (bicyclic) bond motifs is 1. The van der Waals surface area contributed by atoms with E-state index in [2.05, 4.69) is 22.0 Å². The van der Waals surface area contributed by atoms with Crippen LogP contribution in [0.3, 0.4) is 0 Å². The number of carbonyl (C=O) groups excluding carboxylic acids is 2. The van der Waals surface area contributed by atoms with E-state index in [0.29, 0.717) is 32.6 Å². The summed E-state index contributed by atoms with van der Waals surface area (Å²) in [6.07, 6.45) is 2.53. The maximum absolute atomic E-state index is 13.0. The van der Waals surface area contributed by atoms with Crippen molar-refractivity contribution in [3.8, 4) is 0 Å². The molecule has 1 fully saturated rings. The molecule has 0 aliphatic carbocycles. The molecule has 0 bridgehead atoms. The van der Waals surface area contributed by atoms with E-state index in [0.717, 1.165) is 23.8 Å².